The topological polar surface area (TPSA) is 95.3 Å². The van der Waals surface area contributed by atoms with E-state index in [0.29, 0.717) is 47.9 Å². The molecule has 9 heteroatoms. The number of amides is 1. The number of carbonyl (C=O) groups is 1. The van der Waals surface area contributed by atoms with Crippen molar-refractivity contribution in [2.75, 3.05) is 19.8 Å². The molecule has 160 valence electrons. The Morgan fingerprint density at radius 3 is 2.63 bits per heavy atom. The second-order valence-corrected chi connectivity index (χ2v) is 7.70. The summed E-state index contributed by atoms with van der Waals surface area (Å²) in [7, 11) is 0. The van der Waals surface area contributed by atoms with Crippen molar-refractivity contribution in [3.63, 3.8) is 0 Å². The van der Waals surface area contributed by atoms with Gasteiger partial charge >= 0.3 is 0 Å². The van der Waals surface area contributed by atoms with Crippen molar-refractivity contribution in [3.8, 4) is 11.5 Å². The van der Waals surface area contributed by atoms with E-state index in [9.17, 15) is 9.59 Å². The molecule has 1 amide bonds. The molecule has 0 saturated heterocycles. The third-order valence-electron chi connectivity index (χ3n) is 4.46. The zero-order chi connectivity index (χ0) is 21.5. The summed E-state index contributed by atoms with van der Waals surface area (Å²) in [4.78, 5) is 26.5. The fraction of sp³-hybridized carbons (Fsp3) is 0.429. The zero-order valence-corrected chi connectivity index (χ0v) is 18.3. The largest absolute Gasteiger partial charge is 0.490 e. The van der Waals surface area contributed by atoms with Crippen LogP contribution in [0.2, 0.25) is 0 Å². The van der Waals surface area contributed by atoms with Gasteiger partial charge in [0, 0.05) is 11.4 Å². The van der Waals surface area contributed by atoms with Crippen LogP contribution in [0.15, 0.2) is 29.1 Å². The van der Waals surface area contributed by atoms with Crippen LogP contribution in [0.3, 0.4) is 0 Å². The highest BCUT2D eigenvalue weighted by Gasteiger charge is 2.12. The van der Waals surface area contributed by atoms with E-state index in [2.05, 4.69) is 15.6 Å². The maximum atomic E-state index is 12.5. The van der Waals surface area contributed by atoms with E-state index in [1.54, 1.807) is 0 Å². The van der Waals surface area contributed by atoms with Crippen LogP contribution in [-0.4, -0.2) is 40.7 Å². The molecular weight excluding hydrogens is 404 g/mol. The summed E-state index contributed by atoms with van der Waals surface area (Å²) in [6.45, 7) is 7.25. The quantitative estimate of drug-likeness (QED) is 0.531. The van der Waals surface area contributed by atoms with Crippen LogP contribution in [0.25, 0.3) is 10.2 Å². The minimum absolute atomic E-state index is 0.160. The van der Waals surface area contributed by atoms with Crippen LogP contribution >= 0.6 is 11.3 Å². The first-order valence-electron chi connectivity index (χ1n) is 10.1. The number of hydrogen-bond donors (Lipinski definition) is 1. The lowest BCUT2D eigenvalue weighted by molar-refractivity contribution is -0.121. The molecule has 8 nitrogen and oxygen atoms in total. The molecule has 0 unspecified atom stereocenters. The average Bonchev–Trinajstić information content (AvgIpc) is 3.17. The number of nitrogens with one attached hydrogen (secondary N) is 1. The Bertz CT molecular complexity index is 1080. The number of fused-ring (bicyclic) bond motifs is 1. The monoisotopic (exact) mass is 430 g/mol. The van der Waals surface area contributed by atoms with Gasteiger partial charge in [0.25, 0.3) is 5.56 Å². The molecule has 30 heavy (non-hydrogen) atoms. The molecule has 0 fully saturated rings. The minimum atomic E-state index is -0.293. The minimum Gasteiger partial charge on any atom is -0.490 e. The van der Waals surface area contributed by atoms with Crippen molar-refractivity contribution in [1.82, 2.24) is 20.3 Å². The van der Waals surface area contributed by atoms with Gasteiger partial charge in [-0.05, 0) is 50.5 Å². The van der Waals surface area contributed by atoms with Crippen molar-refractivity contribution in [1.29, 1.82) is 0 Å². The van der Waals surface area contributed by atoms with Crippen molar-refractivity contribution in [2.45, 2.75) is 40.2 Å². The number of aryl methyl sites for hydroxylation is 1. The molecule has 0 atom stereocenters. The summed E-state index contributed by atoms with van der Waals surface area (Å²) < 4.78 is 12.3. The molecule has 0 bridgehead atoms. The second kappa shape index (κ2) is 10.2. The highest BCUT2D eigenvalue weighted by atomic mass is 32.1. The van der Waals surface area contributed by atoms with Crippen LogP contribution in [-0.2, 0) is 24.2 Å². The number of aromatic nitrogens is 3. The van der Waals surface area contributed by atoms with Crippen molar-refractivity contribution in [3.05, 3.63) is 45.1 Å². The first kappa shape index (κ1) is 21.8. The van der Waals surface area contributed by atoms with E-state index < -0.39 is 0 Å². The number of nitrogens with zero attached hydrogens (tertiary/aromatic N) is 3. The third-order valence-corrected chi connectivity index (χ3v) is 5.62. The number of benzene rings is 1. The van der Waals surface area contributed by atoms with Crippen LogP contribution in [0.1, 0.15) is 31.2 Å². The molecule has 2 heterocycles. The summed E-state index contributed by atoms with van der Waals surface area (Å²) in [5.41, 5.74) is 0.727. The maximum absolute atomic E-state index is 12.5. The van der Waals surface area contributed by atoms with Gasteiger partial charge in [-0.2, -0.15) is 0 Å². The van der Waals surface area contributed by atoms with Crippen molar-refractivity contribution in [2.24, 2.45) is 0 Å². The van der Waals surface area contributed by atoms with E-state index in [4.69, 9.17) is 9.47 Å². The van der Waals surface area contributed by atoms with Gasteiger partial charge in [-0.15, -0.1) is 16.4 Å². The van der Waals surface area contributed by atoms with E-state index in [-0.39, 0.29) is 18.0 Å². The first-order valence-corrected chi connectivity index (χ1v) is 10.9. The highest BCUT2D eigenvalue weighted by Crippen LogP contribution is 2.28. The number of rotatable bonds is 10. The summed E-state index contributed by atoms with van der Waals surface area (Å²) in [6, 6.07) is 7.58. The zero-order valence-electron chi connectivity index (χ0n) is 17.4. The molecule has 3 rings (SSSR count). The number of thiophene rings is 1. The Morgan fingerprint density at radius 1 is 1.13 bits per heavy atom. The number of carbonyl (C=O) groups excluding carboxylic acids is 1. The molecule has 0 saturated carbocycles. The van der Waals surface area contributed by atoms with E-state index in [1.807, 2.05) is 45.0 Å². The van der Waals surface area contributed by atoms with Gasteiger partial charge in [-0.25, -0.2) is 4.68 Å². The Kier molecular flexibility index (Phi) is 7.40. The predicted octanol–water partition coefficient (Wildman–Crippen LogP) is 2.57. The van der Waals surface area contributed by atoms with Crippen LogP contribution < -0.4 is 20.3 Å². The van der Waals surface area contributed by atoms with Gasteiger partial charge < -0.3 is 14.8 Å². The summed E-state index contributed by atoms with van der Waals surface area (Å²) in [5, 5.41) is 11.3. The molecule has 0 spiro atoms. The molecular formula is C21H26N4O4S. The molecule has 0 aliphatic carbocycles. The third kappa shape index (κ3) is 5.15. The molecule has 1 N–H and O–H groups in total. The fourth-order valence-electron chi connectivity index (χ4n) is 3.00. The fourth-order valence-corrected chi connectivity index (χ4v) is 3.90. The Morgan fingerprint density at radius 2 is 1.90 bits per heavy atom. The van der Waals surface area contributed by atoms with Crippen LogP contribution in [0.4, 0.5) is 0 Å². The lowest BCUT2D eigenvalue weighted by Gasteiger charge is -2.12. The molecule has 1 aromatic carbocycles. The van der Waals surface area contributed by atoms with Gasteiger partial charge in [-0.1, -0.05) is 18.2 Å². The van der Waals surface area contributed by atoms with Crippen molar-refractivity contribution < 1.29 is 14.3 Å². The SMILES string of the molecule is CCOc1ccc(CCNC(=O)Cn2nnc3sc(CC)cc3c2=O)cc1OCC. The van der Waals surface area contributed by atoms with E-state index in [1.165, 1.54) is 11.3 Å². The number of ether oxygens (including phenoxy) is 2. The van der Waals surface area contributed by atoms with Gasteiger partial charge in [0.1, 0.15) is 6.54 Å². The second-order valence-electron chi connectivity index (χ2n) is 6.58. The summed E-state index contributed by atoms with van der Waals surface area (Å²) >= 11 is 1.45. The Labute approximate surface area is 178 Å². The van der Waals surface area contributed by atoms with Gasteiger partial charge in [0.15, 0.2) is 16.3 Å². The van der Waals surface area contributed by atoms with Crippen LogP contribution in [0.5, 0.6) is 11.5 Å². The maximum Gasteiger partial charge on any atom is 0.278 e. The molecule has 0 aliphatic heterocycles. The smallest absolute Gasteiger partial charge is 0.278 e. The standard InChI is InChI=1S/C21H26N4O4S/c1-4-15-12-16-20(30-15)23-24-25(21(16)27)13-19(26)22-10-9-14-7-8-17(28-5-2)18(11-14)29-6-3/h7-8,11-12H,4-6,9-10,13H2,1-3H3,(H,22,26). The first-order chi connectivity index (χ1) is 14.5. The lowest BCUT2D eigenvalue weighted by atomic mass is 10.1. The average molecular weight is 431 g/mol. The number of hydrogen-bond acceptors (Lipinski definition) is 7. The van der Waals surface area contributed by atoms with Crippen LogP contribution in [0, 0.1) is 0 Å². The summed E-state index contributed by atoms with van der Waals surface area (Å²) in [6.07, 6.45) is 1.46. The molecule has 0 aliphatic rings. The predicted molar refractivity (Wildman–Crippen MR) is 117 cm³/mol. The van der Waals surface area contributed by atoms with Gasteiger partial charge in [-0.3, -0.25) is 9.59 Å². The van der Waals surface area contributed by atoms with E-state index >= 15 is 0 Å². The van der Waals surface area contributed by atoms with Gasteiger partial charge in [0.05, 0.1) is 18.6 Å². The highest BCUT2D eigenvalue weighted by molar-refractivity contribution is 7.18. The Hall–Kier alpha value is -2.94. The normalized spacial score (nSPS) is 10.9. The lowest BCUT2D eigenvalue weighted by Crippen LogP contribution is -2.34. The Balaban J connectivity index is 1.59. The van der Waals surface area contributed by atoms with E-state index in [0.717, 1.165) is 21.5 Å². The summed E-state index contributed by atoms with van der Waals surface area (Å²) in [5.74, 6) is 1.12. The van der Waals surface area contributed by atoms with Crippen molar-refractivity contribution >= 4 is 27.5 Å². The molecule has 0 radical (unpaired) electrons. The van der Waals surface area contributed by atoms with Gasteiger partial charge in [0.2, 0.25) is 5.91 Å². The molecule has 2 aromatic heterocycles. The molecule has 3 aromatic rings.